The zero-order valence-corrected chi connectivity index (χ0v) is 15.0. The fourth-order valence-electron chi connectivity index (χ4n) is 4.07. The lowest BCUT2D eigenvalue weighted by atomic mass is 10.0. The molecule has 3 heterocycles. The number of benzene rings is 1. The van der Waals surface area contributed by atoms with Gasteiger partial charge >= 0.3 is 0 Å². The zero-order chi connectivity index (χ0) is 19.0. The number of carbonyl (C=O) groups excluding carboxylic acids is 3. The average Bonchev–Trinajstić information content (AvgIpc) is 2.97. The Balaban J connectivity index is 1.43. The van der Waals surface area contributed by atoms with Gasteiger partial charge < -0.3 is 20.6 Å². The second-order valence-electron chi connectivity index (χ2n) is 7.44. The summed E-state index contributed by atoms with van der Waals surface area (Å²) in [6.45, 7) is 2.47. The van der Waals surface area contributed by atoms with E-state index in [-0.39, 0.29) is 24.3 Å². The predicted octanol–water partition coefficient (Wildman–Crippen LogP) is -0.740. The number of fused-ring (bicyclic) bond motifs is 1. The van der Waals surface area contributed by atoms with Crippen LogP contribution < -0.4 is 16.0 Å². The Bertz CT molecular complexity index is 781. The first-order valence-corrected chi connectivity index (χ1v) is 9.41. The molecule has 27 heavy (non-hydrogen) atoms. The van der Waals surface area contributed by atoms with Gasteiger partial charge in [0.25, 0.3) is 5.91 Å². The Kier molecular flexibility index (Phi) is 4.94. The van der Waals surface area contributed by atoms with Crippen molar-refractivity contribution in [1.29, 1.82) is 0 Å². The van der Waals surface area contributed by atoms with E-state index in [0.29, 0.717) is 31.6 Å². The van der Waals surface area contributed by atoms with E-state index < -0.39 is 18.1 Å². The van der Waals surface area contributed by atoms with Gasteiger partial charge in [-0.1, -0.05) is 12.1 Å². The normalized spacial score (nSPS) is 28.3. The summed E-state index contributed by atoms with van der Waals surface area (Å²) >= 11 is 0. The Labute approximate surface area is 157 Å². The topological polar surface area (TPSA) is 111 Å². The van der Waals surface area contributed by atoms with Gasteiger partial charge in [-0.15, -0.1) is 0 Å². The zero-order valence-electron chi connectivity index (χ0n) is 15.0. The van der Waals surface area contributed by atoms with E-state index >= 15 is 0 Å². The lowest BCUT2D eigenvalue weighted by Crippen LogP contribution is -2.52. The van der Waals surface area contributed by atoms with E-state index in [4.69, 9.17) is 0 Å². The summed E-state index contributed by atoms with van der Waals surface area (Å²) in [6, 6.07) is 5.17. The molecule has 4 rings (SSSR count). The molecule has 1 unspecified atom stereocenters. The van der Waals surface area contributed by atoms with E-state index in [1.54, 1.807) is 11.0 Å². The Morgan fingerprint density at radius 1 is 1.22 bits per heavy atom. The van der Waals surface area contributed by atoms with E-state index in [0.717, 1.165) is 24.1 Å². The molecule has 0 spiro atoms. The fourth-order valence-corrected chi connectivity index (χ4v) is 4.07. The molecule has 4 N–H and O–H groups in total. The molecule has 0 radical (unpaired) electrons. The van der Waals surface area contributed by atoms with Gasteiger partial charge in [0.1, 0.15) is 6.04 Å². The molecule has 3 amide bonds. The molecule has 1 aromatic carbocycles. The monoisotopic (exact) mass is 372 g/mol. The number of hydrogen-bond donors (Lipinski definition) is 4. The van der Waals surface area contributed by atoms with Crippen molar-refractivity contribution in [1.82, 2.24) is 20.9 Å². The van der Waals surface area contributed by atoms with E-state index in [9.17, 15) is 19.5 Å². The molecule has 144 valence electrons. The number of β-amino-alcohol motifs (C(OH)–C–C–N with tert-alkyl or cyclic N) is 1. The third-order valence-corrected chi connectivity index (χ3v) is 5.61. The summed E-state index contributed by atoms with van der Waals surface area (Å²) in [6.07, 6.45) is 1.09. The minimum absolute atomic E-state index is 0.0566. The summed E-state index contributed by atoms with van der Waals surface area (Å²) in [4.78, 5) is 37.7. The van der Waals surface area contributed by atoms with Crippen LogP contribution in [0.3, 0.4) is 0 Å². The minimum Gasteiger partial charge on any atom is -0.390 e. The van der Waals surface area contributed by atoms with Crippen LogP contribution in [0, 0.1) is 0 Å². The molecule has 2 saturated heterocycles. The molecule has 8 nitrogen and oxygen atoms in total. The number of carbonyl (C=O) groups is 3. The van der Waals surface area contributed by atoms with Crippen LogP contribution in [0.5, 0.6) is 0 Å². The lowest BCUT2D eigenvalue weighted by Gasteiger charge is -2.29. The van der Waals surface area contributed by atoms with Gasteiger partial charge in [0.15, 0.2) is 0 Å². The second-order valence-corrected chi connectivity index (χ2v) is 7.44. The van der Waals surface area contributed by atoms with E-state index in [1.807, 2.05) is 12.1 Å². The number of rotatable bonds is 4. The Hall–Kier alpha value is -2.29. The van der Waals surface area contributed by atoms with Gasteiger partial charge in [-0.2, -0.15) is 0 Å². The first-order valence-electron chi connectivity index (χ1n) is 9.41. The summed E-state index contributed by atoms with van der Waals surface area (Å²) in [7, 11) is 0. The third kappa shape index (κ3) is 3.60. The maximum atomic E-state index is 12.7. The number of hydrogen-bond acceptors (Lipinski definition) is 6. The molecular weight excluding hydrogens is 348 g/mol. The molecule has 3 aliphatic heterocycles. The highest BCUT2D eigenvalue weighted by Crippen LogP contribution is 2.28. The summed E-state index contributed by atoms with van der Waals surface area (Å²) in [5.41, 5.74) is 2.55. The van der Waals surface area contributed by atoms with Crippen molar-refractivity contribution >= 4 is 17.7 Å². The third-order valence-electron chi connectivity index (χ3n) is 5.61. The summed E-state index contributed by atoms with van der Waals surface area (Å²) in [5, 5.41) is 18.9. The van der Waals surface area contributed by atoms with E-state index in [2.05, 4.69) is 16.0 Å². The number of aliphatic hydroxyl groups is 1. The van der Waals surface area contributed by atoms with Crippen LogP contribution in [-0.4, -0.2) is 59.0 Å². The number of nitrogens with one attached hydrogen (secondary N) is 3. The van der Waals surface area contributed by atoms with Gasteiger partial charge in [0.2, 0.25) is 11.8 Å². The second kappa shape index (κ2) is 7.38. The number of imide groups is 1. The molecular formula is C19H24N4O4. The van der Waals surface area contributed by atoms with Crippen LogP contribution in [0.15, 0.2) is 18.2 Å². The molecule has 1 aromatic rings. The number of aliphatic hydroxyl groups excluding tert-OH is 1. The van der Waals surface area contributed by atoms with Crippen molar-refractivity contribution in [3.05, 3.63) is 34.9 Å². The van der Waals surface area contributed by atoms with Crippen molar-refractivity contribution in [3.8, 4) is 0 Å². The molecule has 0 saturated carbocycles. The Morgan fingerprint density at radius 3 is 2.85 bits per heavy atom. The number of piperidine rings is 2. The van der Waals surface area contributed by atoms with Gasteiger partial charge in [-0.05, 0) is 36.6 Å². The highest BCUT2D eigenvalue weighted by molar-refractivity contribution is 6.05. The Morgan fingerprint density at radius 2 is 2.07 bits per heavy atom. The molecule has 8 heteroatoms. The minimum atomic E-state index is -0.589. The van der Waals surface area contributed by atoms with Crippen molar-refractivity contribution in [2.75, 3.05) is 13.1 Å². The van der Waals surface area contributed by atoms with Crippen LogP contribution in [0.25, 0.3) is 0 Å². The average molecular weight is 372 g/mol. The molecule has 2 fully saturated rings. The largest absolute Gasteiger partial charge is 0.390 e. The molecule has 0 aliphatic carbocycles. The standard InChI is InChI=1S/C19H24N4O4/c24-16-9-20-6-5-14(16)21-8-11-1-2-13-12(7-11)10-23(19(13)27)15-3-4-17(25)22-18(15)26/h1-2,7,14-16,20-21,24H,3-6,8-10H2,(H,22,25,26)/t14-,15?,16+/m0/s1. The smallest absolute Gasteiger partial charge is 0.255 e. The quantitative estimate of drug-likeness (QED) is 0.518. The fraction of sp³-hybridized carbons (Fsp3) is 0.526. The van der Waals surface area contributed by atoms with Gasteiger partial charge in [0, 0.05) is 37.7 Å². The van der Waals surface area contributed by atoms with Crippen LogP contribution in [0.1, 0.15) is 40.7 Å². The number of nitrogens with zero attached hydrogens (tertiary/aromatic N) is 1. The predicted molar refractivity (Wildman–Crippen MR) is 96.6 cm³/mol. The van der Waals surface area contributed by atoms with Gasteiger partial charge in [-0.25, -0.2) is 0 Å². The van der Waals surface area contributed by atoms with Crippen molar-refractivity contribution in [3.63, 3.8) is 0 Å². The number of amides is 3. The maximum absolute atomic E-state index is 12.7. The summed E-state index contributed by atoms with van der Waals surface area (Å²) in [5.74, 6) is -0.837. The van der Waals surface area contributed by atoms with Crippen LogP contribution in [-0.2, 0) is 22.7 Å². The molecule has 3 aliphatic rings. The van der Waals surface area contributed by atoms with Gasteiger partial charge in [0.05, 0.1) is 6.10 Å². The van der Waals surface area contributed by atoms with E-state index in [1.165, 1.54) is 0 Å². The van der Waals surface area contributed by atoms with Crippen molar-refractivity contribution in [2.24, 2.45) is 0 Å². The highest BCUT2D eigenvalue weighted by atomic mass is 16.3. The van der Waals surface area contributed by atoms with Gasteiger partial charge in [-0.3, -0.25) is 19.7 Å². The first kappa shape index (κ1) is 18.1. The highest BCUT2D eigenvalue weighted by Gasteiger charge is 2.39. The first-order chi connectivity index (χ1) is 13.0. The van der Waals surface area contributed by atoms with Crippen molar-refractivity contribution in [2.45, 2.75) is 50.5 Å². The molecule has 3 atom stereocenters. The SMILES string of the molecule is O=C1CCC(N2Cc3cc(CN[C@H]4CCNC[C@H]4O)ccc3C2=O)C(=O)N1. The lowest BCUT2D eigenvalue weighted by molar-refractivity contribution is -0.136. The van der Waals surface area contributed by atoms with Crippen LogP contribution in [0.4, 0.5) is 0 Å². The van der Waals surface area contributed by atoms with Crippen LogP contribution in [0.2, 0.25) is 0 Å². The molecule has 0 aromatic heterocycles. The van der Waals surface area contributed by atoms with Crippen LogP contribution >= 0.6 is 0 Å². The maximum Gasteiger partial charge on any atom is 0.255 e. The van der Waals surface area contributed by atoms with Crippen molar-refractivity contribution < 1.29 is 19.5 Å². The molecule has 0 bridgehead atoms. The summed E-state index contributed by atoms with van der Waals surface area (Å²) < 4.78 is 0.